The Morgan fingerprint density at radius 1 is 1.00 bits per heavy atom. The molecule has 2 aromatic carbocycles. The number of hydrogen-bond acceptors (Lipinski definition) is 3. The van der Waals surface area contributed by atoms with Gasteiger partial charge in [-0.3, -0.25) is 4.79 Å². The van der Waals surface area contributed by atoms with E-state index in [1.165, 1.54) is 21.0 Å². The van der Waals surface area contributed by atoms with E-state index in [4.69, 9.17) is 0 Å². The van der Waals surface area contributed by atoms with Crippen LogP contribution in [0.15, 0.2) is 47.4 Å². The summed E-state index contributed by atoms with van der Waals surface area (Å²) in [7, 11) is -3.45. The minimum Gasteiger partial charge on any atom is -0.352 e. The van der Waals surface area contributed by atoms with Gasteiger partial charge in [0.15, 0.2) is 0 Å². The van der Waals surface area contributed by atoms with Crippen LogP contribution in [0.25, 0.3) is 0 Å². The highest BCUT2D eigenvalue weighted by Gasteiger charge is 2.21. The lowest BCUT2D eigenvalue weighted by Gasteiger charge is -2.18. The van der Waals surface area contributed by atoms with Crippen molar-refractivity contribution in [2.75, 3.05) is 13.1 Å². The summed E-state index contributed by atoms with van der Waals surface area (Å²) >= 11 is 0. The van der Waals surface area contributed by atoms with Gasteiger partial charge in [0.05, 0.1) is 4.90 Å². The van der Waals surface area contributed by atoms with Crippen molar-refractivity contribution in [3.63, 3.8) is 0 Å². The Labute approximate surface area is 168 Å². The van der Waals surface area contributed by atoms with Crippen LogP contribution in [0.5, 0.6) is 0 Å². The molecule has 0 spiro atoms. The Morgan fingerprint density at radius 3 is 2.21 bits per heavy atom. The maximum Gasteiger partial charge on any atom is 0.243 e. The fourth-order valence-corrected chi connectivity index (χ4v) is 4.61. The number of nitrogens with zero attached hydrogens (tertiary/aromatic N) is 1. The minimum absolute atomic E-state index is 0.0141. The van der Waals surface area contributed by atoms with Crippen LogP contribution >= 0.6 is 0 Å². The topological polar surface area (TPSA) is 66.5 Å². The van der Waals surface area contributed by atoms with Crippen LogP contribution in [-0.2, 0) is 27.8 Å². The van der Waals surface area contributed by atoms with Crippen LogP contribution in [0.1, 0.15) is 42.5 Å². The van der Waals surface area contributed by atoms with E-state index < -0.39 is 10.0 Å². The fraction of sp³-hybridized carbons (Fsp3) is 0.409. The Kier molecular flexibility index (Phi) is 7.78. The van der Waals surface area contributed by atoms with Crippen LogP contribution in [-0.4, -0.2) is 31.7 Å². The van der Waals surface area contributed by atoms with E-state index in [0.717, 1.165) is 5.56 Å². The van der Waals surface area contributed by atoms with Crippen molar-refractivity contribution in [1.29, 1.82) is 0 Å². The molecule has 0 heterocycles. The molecule has 0 saturated heterocycles. The summed E-state index contributed by atoms with van der Waals surface area (Å²) in [6, 6.07) is 13.0. The molecule has 0 bridgehead atoms. The van der Waals surface area contributed by atoms with Crippen molar-refractivity contribution in [2.24, 2.45) is 0 Å². The van der Waals surface area contributed by atoms with Gasteiger partial charge in [-0.2, -0.15) is 4.31 Å². The highest BCUT2D eigenvalue weighted by atomic mass is 32.2. The smallest absolute Gasteiger partial charge is 0.243 e. The maximum atomic E-state index is 12.5. The predicted octanol–water partition coefficient (Wildman–Crippen LogP) is 3.58. The van der Waals surface area contributed by atoms with E-state index in [9.17, 15) is 13.2 Å². The summed E-state index contributed by atoms with van der Waals surface area (Å²) in [6.07, 6.45) is 1.14. The van der Waals surface area contributed by atoms with Crippen molar-refractivity contribution >= 4 is 15.9 Å². The van der Waals surface area contributed by atoms with Gasteiger partial charge in [0.25, 0.3) is 0 Å². The summed E-state index contributed by atoms with van der Waals surface area (Å²) in [5.41, 5.74) is 4.49. The van der Waals surface area contributed by atoms with Crippen LogP contribution < -0.4 is 5.32 Å². The number of benzene rings is 2. The summed E-state index contributed by atoms with van der Waals surface area (Å²) in [5, 5.41) is 2.90. The van der Waals surface area contributed by atoms with Crippen molar-refractivity contribution in [3.05, 3.63) is 64.7 Å². The Hall–Kier alpha value is -2.18. The zero-order valence-corrected chi connectivity index (χ0v) is 18.0. The number of sulfonamides is 1. The molecule has 5 nitrogen and oxygen atoms in total. The Balaban J connectivity index is 1.89. The molecule has 28 heavy (non-hydrogen) atoms. The molecule has 0 aliphatic rings. The summed E-state index contributed by atoms with van der Waals surface area (Å²) in [5.74, 6) is -0.0141. The molecule has 2 rings (SSSR count). The van der Waals surface area contributed by atoms with Crippen molar-refractivity contribution in [2.45, 2.75) is 52.0 Å². The third-order valence-electron chi connectivity index (χ3n) is 4.88. The van der Waals surface area contributed by atoms with Gasteiger partial charge < -0.3 is 5.32 Å². The zero-order valence-electron chi connectivity index (χ0n) is 17.2. The lowest BCUT2D eigenvalue weighted by atomic mass is 10.0. The molecular formula is C22H30N2O3S. The molecule has 0 fully saturated rings. The molecule has 0 unspecified atom stereocenters. The van der Waals surface area contributed by atoms with Gasteiger partial charge in [-0.1, -0.05) is 49.7 Å². The highest BCUT2D eigenvalue weighted by Crippen LogP contribution is 2.16. The molecule has 1 N–H and O–H groups in total. The SMILES string of the molecule is CCN(CC)S(=O)(=O)c1ccc(CNC(=O)CCc2ccc(C)cc2C)cc1. The number of amides is 1. The lowest BCUT2D eigenvalue weighted by Crippen LogP contribution is -2.30. The highest BCUT2D eigenvalue weighted by molar-refractivity contribution is 7.89. The van der Waals surface area contributed by atoms with Gasteiger partial charge in [-0.05, 0) is 49.1 Å². The van der Waals surface area contributed by atoms with Crippen LogP contribution in [0.3, 0.4) is 0 Å². The zero-order chi connectivity index (χ0) is 20.7. The molecule has 0 atom stereocenters. The quantitative estimate of drug-likeness (QED) is 0.697. The molecule has 152 valence electrons. The molecule has 2 aromatic rings. The van der Waals surface area contributed by atoms with Gasteiger partial charge in [0.2, 0.25) is 15.9 Å². The first kappa shape index (κ1) is 22.1. The monoisotopic (exact) mass is 402 g/mol. The van der Waals surface area contributed by atoms with Crippen LogP contribution in [0.2, 0.25) is 0 Å². The van der Waals surface area contributed by atoms with Crippen molar-refractivity contribution in [1.82, 2.24) is 9.62 Å². The van der Waals surface area contributed by atoms with Crippen molar-refractivity contribution < 1.29 is 13.2 Å². The molecule has 0 saturated carbocycles. The standard InChI is InChI=1S/C22H30N2O3S/c1-5-24(6-2)28(26,27)21-12-8-19(9-13-21)16-23-22(25)14-11-20-10-7-17(3)15-18(20)4/h7-10,12-13,15H,5-6,11,14,16H2,1-4H3,(H,23,25). The Morgan fingerprint density at radius 2 is 1.64 bits per heavy atom. The third-order valence-corrected chi connectivity index (χ3v) is 6.94. The first-order chi connectivity index (χ1) is 13.3. The van der Waals surface area contributed by atoms with E-state index in [1.807, 2.05) is 13.8 Å². The minimum atomic E-state index is -3.45. The first-order valence-electron chi connectivity index (χ1n) is 9.69. The molecular weight excluding hydrogens is 372 g/mol. The van der Waals surface area contributed by atoms with E-state index >= 15 is 0 Å². The first-order valence-corrected chi connectivity index (χ1v) is 11.1. The molecule has 1 amide bonds. The average Bonchev–Trinajstić information content (AvgIpc) is 2.66. The van der Waals surface area contributed by atoms with Gasteiger partial charge in [0.1, 0.15) is 0 Å². The van der Waals surface area contributed by atoms with E-state index in [2.05, 4.69) is 37.4 Å². The van der Waals surface area contributed by atoms with Gasteiger partial charge in [-0.25, -0.2) is 8.42 Å². The predicted molar refractivity (Wildman–Crippen MR) is 113 cm³/mol. The summed E-state index contributed by atoms with van der Waals surface area (Å²) < 4.78 is 26.4. The van der Waals surface area contributed by atoms with Gasteiger partial charge in [0, 0.05) is 26.1 Å². The van der Waals surface area contributed by atoms with E-state index in [1.54, 1.807) is 24.3 Å². The third kappa shape index (κ3) is 5.66. The molecule has 0 aliphatic heterocycles. The van der Waals surface area contributed by atoms with E-state index in [-0.39, 0.29) is 10.8 Å². The van der Waals surface area contributed by atoms with E-state index in [0.29, 0.717) is 32.5 Å². The second kappa shape index (κ2) is 9.85. The summed E-state index contributed by atoms with van der Waals surface area (Å²) in [4.78, 5) is 12.4. The molecule has 0 aliphatic carbocycles. The summed E-state index contributed by atoms with van der Waals surface area (Å²) in [6.45, 7) is 9.04. The Bertz CT molecular complexity index is 902. The normalized spacial score (nSPS) is 11.6. The number of carbonyl (C=O) groups excluding carboxylic acids is 1. The number of carbonyl (C=O) groups is 1. The van der Waals surface area contributed by atoms with Crippen LogP contribution in [0, 0.1) is 13.8 Å². The van der Waals surface area contributed by atoms with Crippen LogP contribution in [0.4, 0.5) is 0 Å². The molecule has 0 radical (unpaired) electrons. The van der Waals surface area contributed by atoms with Gasteiger partial charge in [-0.15, -0.1) is 0 Å². The number of aryl methyl sites for hydroxylation is 3. The second-order valence-electron chi connectivity index (χ2n) is 6.94. The second-order valence-corrected chi connectivity index (χ2v) is 8.88. The maximum absolute atomic E-state index is 12.5. The van der Waals surface area contributed by atoms with Gasteiger partial charge >= 0.3 is 0 Å². The fourth-order valence-electron chi connectivity index (χ4n) is 3.16. The largest absolute Gasteiger partial charge is 0.352 e. The number of hydrogen-bond donors (Lipinski definition) is 1. The molecule has 0 aromatic heterocycles. The number of rotatable bonds is 9. The lowest BCUT2D eigenvalue weighted by molar-refractivity contribution is -0.121. The molecule has 6 heteroatoms. The van der Waals surface area contributed by atoms with Crippen molar-refractivity contribution in [3.8, 4) is 0 Å². The average molecular weight is 403 g/mol. The number of nitrogens with one attached hydrogen (secondary N) is 1.